The summed E-state index contributed by atoms with van der Waals surface area (Å²) in [5.41, 5.74) is 4.51. The van der Waals surface area contributed by atoms with E-state index in [4.69, 9.17) is 4.98 Å². The van der Waals surface area contributed by atoms with Gasteiger partial charge in [-0.05, 0) is 43.3 Å². The first-order chi connectivity index (χ1) is 17.2. The Hall–Kier alpha value is -3.95. The summed E-state index contributed by atoms with van der Waals surface area (Å²) in [7, 11) is 0. The van der Waals surface area contributed by atoms with Gasteiger partial charge in [0.25, 0.3) is 5.56 Å². The first-order valence-corrected chi connectivity index (χ1v) is 12.9. The number of anilines is 2. The molecule has 0 amide bonds. The highest BCUT2D eigenvalue weighted by Crippen LogP contribution is 2.28. The van der Waals surface area contributed by atoms with Crippen LogP contribution in [0.3, 0.4) is 0 Å². The summed E-state index contributed by atoms with van der Waals surface area (Å²) in [6, 6.07) is 25.4. The van der Waals surface area contributed by atoms with E-state index >= 15 is 0 Å². The SMILES string of the molecule is Cc1ccc(-n2c(=O)c3ccccc3n3c(SCc4csc(Nc5ccccc5)n4)nnc23)cc1. The van der Waals surface area contributed by atoms with Crippen LogP contribution in [0, 0.1) is 6.92 Å². The van der Waals surface area contributed by atoms with E-state index < -0.39 is 0 Å². The fraction of sp³-hybridized carbons (Fsp3) is 0.0769. The van der Waals surface area contributed by atoms with Crippen molar-refractivity contribution >= 4 is 50.6 Å². The average molecular weight is 497 g/mol. The van der Waals surface area contributed by atoms with Gasteiger partial charge < -0.3 is 5.32 Å². The van der Waals surface area contributed by atoms with Crippen LogP contribution in [-0.2, 0) is 5.75 Å². The van der Waals surface area contributed by atoms with Crippen molar-refractivity contribution in [3.63, 3.8) is 0 Å². The lowest BCUT2D eigenvalue weighted by molar-refractivity contribution is 0.929. The van der Waals surface area contributed by atoms with Crippen LogP contribution in [0.4, 0.5) is 10.8 Å². The maximum absolute atomic E-state index is 13.4. The van der Waals surface area contributed by atoms with Gasteiger partial charge in [0.15, 0.2) is 10.3 Å². The van der Waals surface area contributed by atoms with Gasteiger partial charge in [-0.3, -0.25) is 9.20 Å². The van der Waals surface area contributed by atoms with Crippen molar-refractivity contribution in [1.29, 1.82) is 0 Å². The molecule has 0 atom stereocenters. The highest BCUT2D eigenvalue weighted by atomic mass is 32.2. The number of aromatic nitrogens is 5. The number of fused-ring (bicyclic) bond motifs is 3. The molecular formula is C26H20N6OS2. The van der Waals surface area contributed by atoms with Crippen molar-refractivity contribution in [2.75, 3.05) is 5.32 Å². The number of aryl methyl sites for hydroxylation is 1. The Morgan fingerprint density at radius 3 is 2.54 bits per heavy atom. The second-order valence-corrected chi connectivity index (χ2v) is 9.84. The number of para-hydroxylation sites is 2. The molecule has 0 spiro atoms. The van der Waals surface area contributed by atoms with Crippen LogP contribution in [0.15, 0.2) is 94.2 Å². The lowest BCUT2D eigenvalue weighted by atomic mass is 10.2. The summed E-state index contributed by atoms with van der Waals surface area (Å²) in [5, 5.41) is 16.4. The van der Waals surface area contributed by atoms with Crippen molar-refractivity contribution in [1.82, 2.24) is 24.1 Å². The molecule has 0 radical (unpaired) electrons. The van der Waals surface area contributed by atoms with E-state index in [9.17, 15) is 4.79 Å². The van der Waals surface area contributed by atoms with Gasteiger partial charge in [-0.25, -0.2) is 9.55 Å². The van der Waals surface area contributed by atoms with E-state index in [1.165, 1.54) is 0 Å². The molecule has 0 bridgehead atoms. The van der Waals surface area contributed by atoms with Crippen LogP contribution >= 0.6 is 23.1 Å². The summed E-state index contributed by atoms with van der Waals surface area (Å²) in [6.45, 7) is 2.02. The van der Waals surface area contributed by atoms with Gasteiger partial charge in [0.1, 0.15) is 0 Å². The second kappa shape index (κ2) is 9.01. The molecule has 0 aliphatic carbocycles. The molecule has 0 saturated heterocycles. The third-order valence-electron chi connectivity index (χ3n) is 5.61. The van der Waals surface area contributed by atoms with E-state index in [0.29, 0.717) is 22.1 Å². The Morgan fingerprint density at radius 1 is 0.943 bits per heavy atom. The molecule has 0 fully saturated rings. The van der Waals surface area contributed by atoms with Gasteiger partial charge in [0.2, 0.25) is 5.78 Å². The maximum Gasteiger partial charge on any atom is 0.267 e. The quantitative estimate of drug-likeness (QED) is 0.292. The average Bonchev–Trinajstić information content (AvgIpc) is 3.51. The van der Waals surface area contributed by atoms with Crippen molar-refractivity contribution in [3.8, 4) is 5.69 Å². The van der Waals surface area contributed by atoms with Crippen LogP contribution in [0.1, 0.15) is 11.3 Å². The largest absolute Gasteiger partial charge is 0.332 e. The third kappa shape index (κ3) is 4.09. The van der Waals surface area contributed by atoms with Gasteiger partial charge in [0.05, 0.1) is 22.3 Å². The fourth-order valence-corrected chi connectivity index (χ4v) is 5.58. The Morgan fingerprint density at radius 2 is 1.71 bits per heavy atom. The molecule has 172 valence electrons. The van der Waals surface area contributed by atoms with Gasteiger partial charge in [-0.1, -0.05) is 59.8 Å². The van der Waals surface area contributed by atoms with Crippen LogP contribution in [-0.4, -0.2) is 24.1 Å². The number of thioether (sulfide) groups is 1. The summed E-state index contributed by atoms with van der Waals surface area (Å²) in [6.07, 6.45) is 0. The second-order valence-electron chi connectivity index (χ2n) is 8.03. The normalized spacial score (nSPS) is 11.3. The van der Waals surface area contributed by atoms with Crippen LogP contribution in [0.2, 0.25) is 0 Å². The van der Waals surface area contributed by atoms with E-state index in [0.717, 1.165) is 33.3 Å². The Bertz CT molecular complexity index is 1700. The monoisotopic (exact) mass is 496 g/mol. The lowest BCUT2D eigenvalue weighted by Crippen LogP contribution is -2.21. The Labute approximate surface area is 209 Å². The molecule has 7 nitrogen and oxygen atoms in total. The number of rotatable bonds is 6. The predicted octanol–water partition coefficient (Wildman–Crippen LogP) is 5.83. The fourth-order valence-electron chi connectivity index (χ4n) is 3.91. The first kappa shape index (κ1) is 21.6. The molecular weight excluding hydrogens is 476 g/mol. The summed E-state index contributed by atoms with van der Waals surface area (Å²) in [4.78, 5) is 18.1. The van der Waals surface area contributed by atoms with Gasteiger partial charge >= 0.3 is 0 Å². The van der Waals surface area contributed by atoms with Gasteiger partial charge in [0, 0.05) is 16.8 Å². The molecule has 0 aliphatic heterocycles. The molecule has 6 aromatic rings. The molecule has 3 heterocycles. The number of nitrogens with zero attached hydrogens (tertiary/aromatic N) is 5. The zero-order chi connectivity index (χ0) is 23.8. The summed E-state index contributed by atoms with van der Waals surface area (Å²) in [5.74, 6) is 1.12. The third-order valence-corrected chi connectivity index (χ3v) is 7.38. The molecule has 6 rings (SSSR count). The summed E-state index contributed by atoms with van der Waals surface area (Å²) < 4.78 is 3.58. The molecule has 1 N–H and O–H groups in total. The molecule has 3 aromatic heterocycles. The van der Waals surface area contributed by atoms with Crippen LogP contribution in [0.5, 0.6) is 0 Å². The minimum absolute atomic E-state index is 0.114. The minimum atomic E-state index is -0.114. The summed E-state index contributed by atoms with van der Waals surface area (Å²) >= 11 is 3.11. The first-order valence-electron chi connectivity index (χ1n) is 11.0. The standard InChI is InChI=1S/C26H20N6OS2/c1-17-11-13-20(14-12-17)31-23(33)21-9-5-6-10-22(21)32-25(31)29-30-26(32)35-16-19-15-34-24(28-19)27-18-7-3-2-4-8-18/h2-15H,16H2,1H3,(H,27,28). The Balaban J connectivity index is 1.37. The van der Waals surface area contributed by atoms with Crippen molar-refractivity contribution in [3.05, 3.63) is 106 Å². The van der Waals surface area contributed by atoms with Gasteiger partial charge in [-0.2, -0.15) is 0 Å². The molecule has 9 heteroatoms. The number of hydrogen-bond donors (Lipinski definition) is 1. The smallest absolute Gasteiger partial charge is 0.267 e. The Kier molecular flexibility index (Phi) is 5.55. The van der Waals surface area contributed by atoms with Gasteiger partial charge in [-0.15, -0.1) is 21.5 Å². The van der Waals surface area contributed by atoms with E-state index in [1.54, 1.807) is 27.7 Å². The topological polar surface area (TPSA) is 77.1 Å². The molecule has 0 unspecified atom stereocenters. The molecule has 3 aromatic carbocycles. The van der Waals surface area contributed by atoms with Crippen LogP contribution < -0.4 is 10.9 Å². The maximum atomic E-state index is 13.4. The number of nitrogens with one attached hydrogen (secondary N) is 1. The number of benzene rings is 3. The highest BCUT2D eigenvalue weighted by molar-refractivity contribution is 7.98. The van der Waals surface area contributed by atoms with Crippen molar-refractivity contribution < 1.29 is 0 Å². The molecule has 35 heavy (non-hydrogen) atoms. The lowest BCUT2D eigenvalue weighted by Gasteiger charge is -2.11. The number of hydrogen-bond acceptors (Lipinski definition) is 7. The van der Waals surface area contributed by atoms with E-state index in [2.05, 4.69) is 15.5 Å². The zero-order valence-corrected chi connectivity index (χ0v) is 20.4. The molecule has 0 aliphatic rings. The highest BCUT2D eigenvalue weighted by Gasteiger charge is 2.18. The molecule has 0 saturated carbocycles. The van der Waals surface area contributed by atoms with Crippen LogP contribution in [0.25, 0.3) is 22.4 Å². The van der Waals surface area contributed by atoms with E-state index in [-0.39, 0.29) is 5.56 Å². The minimum Gasteiger partial charge on any atom is -0.332 e. The predicted molar refractivity (Wildman–Crippen MR) is 142 cm³/mol. The van der Waals surface area contributed by atoms with Crippen molar-refractivity contribution in [2.24, 2.45) is 0 Å². The van der Waals surface area contributed by atoms with E-state index in [1.807, 2.05) is 95.6 Å². The number of thiazole rings is 1. The zero-order valence-electron chi connectivity index (χ0n) is 18.8. The van der Waals surface area contributed by atoms with Crippen molar-refractivity contribution in [2.45, 2.75) is 17.8 Å².